The molecule has 0 saturated carbocycles. The first-order chi connectivity index (χ1) is 6.37. The molecule has 0 saturated heterocycles. The predicted octanol–water partition coefficient (Wildman–Crippen LogP) is 1.48. The van der Waals surface area contributed by atoms with Crippen LogP contribution in [0.1, 0.15) is 34.1 Å². The lowest BCUT2D eigenvalue weighted by Gasteiger charge is -2.31. The molecule has 0 spiro atoms. The molecule has 0 heterocycles. The lowest BCUT2D eigenvalue weighted by molar-refractivity contribution is -0.140. The van der Waals surface area contributed by atoms with Crippen LogP contribution in [0.4, 0.5) is 0 Å². The highest BCUT2D eigenvalue weighted by molar-refractivity contribution is 5.82. The smallest absolute Gasteiger partial charge is 0.229 e. The first kappa shape index (κ1) is 13.4. The second kappa shape index (κ2) is 5.35. The molecule has 0 fully saturated rings. The minimum Gasteiger partial charge on any atom is -0.345 e. The second-order valence-electron chi connectivity index (χ2n) is 4.70. The van der Waals surface area contributed by atoms with E-state index in [-0.39, 0.29) is 11.3 Å². The number of nitrogens with zero attached hydrogens (tertiary/aromatic N) is 1. The van der Waals surface area contributed by atoms with Gasteiger partial charge >= 0.3 is 0 Å². The number of rotatable bonds is 5. The molecule has 0 aromatic carbocycles. The Morgan fingerprint density at radius 1 is 1.50 bits per heavy atom. The van der Waals surface area contributed by atoms with E-state index < -0.39 is 0 Å². The number of hydrogen-bond donors (Lipinski definition) is 1. The van der Waals surface area contributed by atoms with Crippen molar-refractivity contribution < 1.29 is 4.79 Å². The highest BCUT2D eigenvalue weighted by Crippen LogP contribution is 2.22. The van der Waals surface area contributed by atoms with Crippen molar-refractivity contribution in [3.05, 3.63) is 0 Å². The Hall–Kier alpha value is -0.570. The third kappa shape index (κ3) is 3.29. The summed E-state index contributed by atoms with van der Waals surface area (Å²) in [6.45, 7) is 9.38. The number of amides is 1. The minimum absolute atomic E-state index is 0.163. The molecule has 14 heavy (non-hydrogen) atoms. The average Bonchev–Trinajstić information content (AvgIpc) is 2.14. The Bertz CT molecular complexity index is 186. The van der Waals surface area contributed by atoms with Crippen molar-refractivity contribution in [2.45, 2.75) is 34.1 Å². The topological polar surface area (TPSA) is 46.3 Å². The monoisotopic (exact) mass is 200 g/mol. The fraction of sp³-hybridized carbons (Fsp3) is 0.909. The molecule has 1 atom stereocenters. The van der Waals surface area contributed by atoms with Gasteiger partial charge in [0.05, 0.1) is 5.41 Å². The van der Waals surface area contributed by atoms with E-state index in [2.05, 4.69) is 13.8 Å². The lowest BCUT2D eigenvalue weighted by atomic mass is 9.86. The Labute approximate surface area is 87.6 Å². The van der Waals surface area contributed by atoms with Crippen molar-refractivity contribution in [1.29, 1.82) is 0 Å². The molecule has 0 aliphatic heterocycles. The van der Waals surface area contributed by atoms with E-state index in [0.717, 1.165) is 13.0 Å². The van der Waals surface area contributed by atoms with E-state index >= 15 is 0 Å². The molecule has 3 nitrogen and oxygen atoms in total. The van der Waals surface area contributed by atoms with Crippen LogP contribution in [0.15, 0.2) is 0 Å². The van der Waals surface area contributed by atoms with Gasteiger partial charge in [0.1, 0.15) is 0 Å². The van der Waals surface area contributed by atoms with Crippen LogP contribution >= 0.6 is 0 Å². The van der Waals surface area contributed by atoms with Crippen LogP contribution in [0.25, 0.3) is 0 Å². The Kier molecular flexibility index (Phi) is 5.13. The van der Waals surface area contributed by atoms with E-state index in [1.807, 2.05) is 20.9 Å². The normalized spacial score (nSPS) is 15.4. The molecule has 2 N–H and O–H groups in total. The van der Waals surface area contributed by atoms with E-state index in [9.17, 15) is 4.79 Å². The molecular weight excluding hydrogens is 176 g/mol. The van der Waals surface area contributed by atoms with Crippen molar-refractivity contribution in [2.75, 3.05) is 20.1 Å². The van der Waals surface area contributed by atoms with Crippen molar-refractivity contribution in [3.63, 3.8) is 0 Å². The molecule has 84 valence electrons. The molecule has 0 bridgehead atoms. The summed E-state index contributed by atoms with van der Waals surface area (Å²) in [5, 5.41) is 0. The average molecular weight is 200 g/mol. The fourth-order valence-corrected chi connectivity index (χ4v) is 1.47. The summed E-state index contributed by atoms with van der Waals surface area (Å²) in [6, 6.07) is 0. The first-order valence-electron chi connectivity index (χ1n) is 5.33. The van der Waals surface area contributed by atoms with Gasteiger partial charge in [-0.15, -0.1) is 0 Å². The molecule has 0 aromatic rings. The molecule has 0 aliphatic rings. The zero-order chi connectivity index (χ0) is 11.4. The summed E-state index contributed by atoms with van der Waals surface area (Å²) < 4.78 is 0. The number of hydrogen-bond acceptors (Lipinski definition) is 2. The Balaban J connectivity index is 4.43. The van der Waals surface area contributed by atoms with Gasteiger partial charge in [-0.3, -0.25) is 4.79 Å². The van der Waals surface area contributed by atoms with Crippen LogP contribution in [0.3, 0.4) is 0 Å². The molecule has 0 rings (SSSR count). The number of carbonyl (C=O) groups excluding carboxylic acids is 1. The predicted molar refractivity (Wildman–Crippen MR) is 59.9 cm³/mol. The van der Waals surface area contributed by atoms with Gasteiger partial charge in [0.15, 0.2) is 0 Å². The summed E-state index contributed by atoms with van der Waals surface area (Å²) in [5.74, 6) is 0.666. The maximum atomic E-state index is 12.0. The van der Waals surface area contributed by atoms with Crippen LogP contribution in [-0.2, 0) is 4.79 Å². The maximum Gasteiger partial charge on any atom is 0.229 e. The lowest BCUT2D eigenvalue weighted by Crippen LogP contribution is -2.45. The maximum absolute atomic E-state index is 12.0. The largest absolute Gasteiger partial charge is 0.345 e. The standard InChI is InChI=1S/C11H24N2O/c1-6-11(4,8-12)10(14)13(5)7-9(2)3/h9H,6-8,12H2,1-5H3. The van der Waals surface area contributed by atoms with Gasteiger partial charge in [0.2, 0.25) is 5.91 Å². The third-order valence-corrected chi connectivity index (χ3v) is 2.73. The molecule has 0 aromatic heterocycles. The van der Waals surface area contributed by atoms with Crippen LogP contribution in [-0.4, -0.2) is 30.9 Å². The molecule has 0 aliphatic carbocycles. The second-order valence-corrected chi connectivity index (χ2v) is 4.70. The van der Waals surface area contributed by atoms with Crippen molar-refractivity contribution in [3.8, 4) is 0 Å². The summed E-state index contributed by atoms with van der Waals surface area (Å²) in [4.78, 5) is 13.8. The van der Waals surface area contributed by atoms with Crippen LogP contribution < -0.4 is 5.73 Å². The Morgan fingerprint density at radius 2 is 2.00 bits per heavy atom. The fourth-order valence-electron chi connectivity index (χ4n) is 1.47. The first-order valence-corrected chi connectivity index (χ1v) is 5.33. The molecule has 1 unspecified atom stereocenters. The summed E-state index contributed by atoms with van der Waals surface area (Å²) in [7, 11) is 1.85. The van der Waals surface area contributed by atoms with Gasteiger partial charge < -0.3 is 10.6 Å². The molecular formula is C11H24N2O. The quantitative estimate of drug-likeness (QED) is 0.730. The SMILES string of the molecule is CCC(C)(CN)C(=O)N(C)CC(C)C. The van der Waals surface area contributed by atoms with Gasteiger partial charge in [0, 0.05) is 20.1 Å². The highest BCUT2D eigenvalue weighted by atomic mass is 16.2. The van der Waals surface area contributed by atoms with Crippen LogP contribution in [0.2, 0.25) is 0 Å². The third-order valence-electron chi connectivity index (χ3n) is 2.73. The highest BCUT2D eigenvalue weighted by Gasteiger charge is 2.32. The van der Waals surface area contributed by atoms with Crippen molar-refractivity contribution >= 4 is 5.91 Å². The van der Waals surface area contributed by atoms with Crippen molar-refractivity contribution in [1.82, 2.24) is 4.90 Å². The van der Waals surface area contributed by atoms with E-state index in [1.54, 1.807) is 4.90 Å². The van der Waals surface area contributed by atoms with E-state index in [1.165, 1.54) is 0 Å². The van der Waals surface area contributed by atoms with E-state index in [4.69, 9.17) is 5.73 Å². The zero-order valence-electron chi connectivity index (χ0n) is 10.1. The van der Waals surface area contributed by atoms with Gasteiger partial charge in [-0.1, -0.05) is 20.8 Å². The summed E-state index contributed by atoms with van der Waals surface area (Å²) in [6.07, 6.45) is 0.796. The van der Waals surface area contributed by atoms with Gasteiger partial charge in [-0.25, -0.2) is 0 Å². The van der Waals surface area contributed by atoms with Gasteiger partial charge in [-0.2, -0.15) is 0 Å². The van der Waals surface area contributed by atoms with Gasteiger partial charge in [-0.05, 0) is 19.3 Å². The molecule has 1 amide bonds. The van der Waals surface area contributed by atoms with Crippen LogP contribution in [0, 0.1) is 11.3 Å². The summed E-state index contributed by atoms with van der Waals surface area (Å²) in [5.41, 5.74) is 5.25. The van der Waals surface area contributed by atoms with Gasteiger partial charge in [0.25, 0.3) is 0 Å². The molecule has 3 heteroatoms. The summed E-state index contributed by atoms with van der Waals surface area (Å²) >= 11 is 0. The number of carbonyl (C=O) groups is 1. The number of nitrogens with two attached hydrogens (primary N) is 1. The Morgan fingerprint density at radius 3 is 2.29 bits per heavy atom. The van der Waals surface area contributed by atoms with Crippen LogP contribution in [0.5, 0.6) is 0 Å². The minimum atomic E-state index is -0.385. The van der Waals surface area contributed by atoms with E-state index in [0.29, 0.717) is 12.5 Å². The zero-order valence-corrected chi connectivity index (χ0v) is 10.1. The molecule has 0 radical (unpaired) electrons. The van der Waals surface area contributed by atoms with Crippen molar-refractivity contribution in [2.24, 2.45) is 17.1 Å².